The Bertz CT molecular complexity index is 930. The summed E-state index contributed by atoms with van der Waals surface area (Å²) < 4.78 is 0. The zero-order valence-corrected chi connectivity index (χ0v) is 16.3. The van der Waals surface area contributed by atoms with Gasteiger partial charge in [-0.15, -0.1) is 0 Å². The van der Waals surface area contributed by atoms with Crippen LogP contribution in [0.3, 0.4) is 0 Å². The second kappa shape index (κ2) is 7.86. The topological polar surface area (TPSA) is 112 Å². The van der Waals surface area contributed by atoms with Gasteiger partial charge in [-0.3, -0.25) is 0 Å². The van der Waals surface area contributed by atoms with Gasteiger partial charge in [0.05, 0.1) is 23.4 Å². The van der Waals surface area contributed by atoms with Crippen LogP contribution in [0.1, 0.15) is 31.1 Å². The third kappa shape index (κ3) is 3.89. The van der Waals surface area contributed by atoms with Gasteiger partial charge in [0, 0.05) is 0 Å². The normalized spacial score (nSPS) is 11.1. The number of hydrogen-bond acceptors (Lipinski definition) is 3. The molecule has 146 valence electrons. The highest BCUT2D eigenvalue weighted by Crippen LogP contribution is 2.51. The highest BCUT2D eigenvalue weighted by molar-refractivity contribution is 7.95. The largest absolute Gasteiger partial charge is 0.478 e. The van der Waals surface area contributed by atoms with E-state index in [0.717, 1.165) is 15.9 Å². The maximum Gasteiger partial charge on any atom is 0.335 e. The first kappa shape index (κ1) is 20.2. The standard InChI is InChI=1S/C22H17O6P/c1-29(17-8-2-14(3-9-17)20(23)24,18-10-4-15(5-11-18)21(25)26)19-12-6-16(7-13-19)22(27)28/h2-13H,1H3,(H2-,23,24,25,26,27,28)/p+1. The van der Waals surface area contributed by atoms with E-state index in [4.69, 9.17) is 0 Å². The number of carboxylic acids is 3. The van der Waals surface area contributed by atoms with E-state index in [1.807, 2.05) is 6.66 Å². The zero-order chi connectivity index (χ0) is 21.2. The van der Waals surface area contributed by atoms with Crippen molar-refractivity contribution in [3.05, 3.63) is 89.5 Å². The van der Waals surface area contributed by atoms with E-state index in [0.29, 0.717) is 0 Å². The molecule has 0 radical (unpaired) electrons. The molecule has 3 rings (SSSR count). The number of carbonyl (C=O) groups is 3. The minimum absolute atomic E-state index is 0.169. The molecule has 3 N–H and O–H groups in total. The van der Waals surface area contributed by atoms with Crippen molar-refractivity contribution >= 4 is 41.1 Å². The van der Waals surface area contributed by atoms with Crippen LogP contribution in [-0.2, 0) is 0 Å². The van der Waals surface area contributed by atoms with Crippen LogP contribution in [0.25, 0.3) is 0 Å². The van der Waals surface area contributed by atoms with Crippen LogP contribution in [0.2, 0.25) is 0 Å². The average molecular weight is 409 g/mol. The van der Waals surface area contributed by atoms with Gasteiger partial charge in [-0.2, -0.15) is 0 Å². The summed E-state index contributed by atoms with van der Waals surface area (Å²) in [6.07, 6.45) is 0. The monoisotopic (exact) mass is 409 g/mol. The molecule has 0 fully saturated rings. The van der Waals surface area contributed by atoms with Crippen LogP contribution in [0.5, 0.6) is 0 Å². The van der Waals surface area contributed by atoms with Gasteiger partial charge in [0.15, 0.2) is 0 Å². The second-order valence-corrected chi connectivity index (χ2v) is 10.1. The predicted octanol–water partition coefficient (Wildman–Crippen LogP) is 2.70. The number of benzene rings is 3. The van der Waals surface area contributed by atoms with Gasteiger partial charge in [0.1, 0.15) is 23.2 Å². The van der Waals surface area contributed by atoms with Crippen LogP contribution in [0.4, 0.5) is 0 Å². The molecule has 0 saturated heterocycles. The molecule has 0 atom stereocenters. The quantitative estimate of drug-likeness (QED) is 0.540. The van der Waals surface area contributed by atoms with E-state index in [2.05, 4.69) is 0 Å². The molecule has 0 amide bonds. The van der Waals surface area contributed by atoms with E-state index < -0.39 is 25.2 Å². The fourth-order valence-electron chi connectivity index (χ4n) is 3.15. The summed E-state index contributed by atoms with van der Waals surface area (Å²) in [5.74, 6) is -3.06. The van der Waals surface area contributed by atoms with Crippen molar-refractivity contribution in [3.8, 4) is 0 Å². The molecule has 29 heavy (non-hydrogen) atoms. The van der Waals surface area contributed by atoms with Gasteiger partial charge in [0.25, 0.3) is 0 Å². The van der Waals surface area contributed by atoms with Crippen molar-refractivity contribution in [2.75, 3.05) is 6.66 Å². The minimum Gasteiger partial charge on any atom is -0.478 e. The molecule has 7 heteroatoms. The van der Waals surface area contributed by atoms with Gasteiger partial charge in [-0.05, 0) is 72.8 Å². The smallest absolute Gasteiger partial charge is 0.335 e. The molecule has 0 saturated carbocycles. The van der Waals surface area contributed by atoms with Gasteiger partial charge in [-0.1, -0.05) is 0 Å². The van der Waals surface area contributed by atoms with Gasteiger partial charge < -0.3 is 15.3 Å². The Morgan fingerprint density at radius 3 is 0.897 bits per heavy atom. The van der Waals surface area contributed by atoms with Crippen molar-refractivity contribution in [1.29, 1.82) is 0 Å². The highest BCUT2D eigenvalue weighted by atomic mass is 31.2. The molecule has 0 unspecified atom stereocenters. The van der Waals surface area contributed by atoms with E-state index in [9.17, 15) is 29.7 Å². The Labute approximate surface area is 167 Å². The summed E-state index contributed by atoms with van der Waals surface area (Å²) in [5, 5.41) is 30.2. The zero-order valence-electron chi connectivity index (χ0n) is 15.4. The van der Waals surface area contributed by atoms with E-state index in [-0.39, 0.29) is 16.7 Å². The van der Waals surface area contributed by atoms with Crippen molar-refractivity contribution in [3.63, 3.8) is 0 Å². The molecule has 6 nitrogen and oxygen atoms in total. The Morgan fingerprint density at radius 2 is 0.724 bits per heavy atom. The summed E-state index contributed by atoms with van der Waals surface area (Å²) in [4.78, 5) is 33.6. The Hall–Kier alpha value is -3.50. The van der Waals surface area contributed by atoms with Gasteiger partial charge in [-0.25, -0.2) is 14.4 Å². The third-order valence-electron chi connectivity index (χ3n) is 4.89. The predicted molar refractivity (Wildman–Crippen MR) is 112 cm³/mol. The molecular formula is C22H18O6P+. The first-order valence-electron chi connectivity index (χ1n) is 8.62. The van der Waals surface area contributed by atoms with Crippen molar-refractivity contribution < 1.29 is 29.7 Å². The second-order valence-electron chi connectivity index (χ2n) is 6.56. The molecule has 0 bridgehead atoms. The number of hydrogen-bond donors (Lipinski definition) is 3. The molecule has 0 aromatic heterocycles. The lowest BCUT2D eigenvalue weighted by Gasteiger charge is -2.23. The summed E-state index contributed by atoms with van der Waals surface area (Å²) in [6, 6.07) is 19.8. The lowest BCUT2D eigenvalue weighted by Crippen LogP contribution is -2.30. The number of rotatable bonds is 6. The number of carboxylic acid groups (broad SMARTS) is 3. The molecule has 0 aliphatic rings. The van der Waals surface area contributed by atoms with Crippen LogP contribution in [-0.4, -0.2) is 39.9 Å². The van der Waals surface area contributed by atoms with Crippen LogP contribution in [0, 0.1) is 0 Å². The van der Waals surface area contributed by atoms with Crippen molar-refractivity contribution in [2.24, 2.45) is 0 Å². The van der Waals surface area contributed by atoms with Crippen LogP contribution >= 0.6 is 7.26 Å². The third-order valence-corrected chi connectivity index (χ3v) is 8.88. The Balaban J connectivity index is 2.18. The Morgan fingerprint density at radius 1 is 0.517 bits per heavy atom. The first-order chi connectivity index (χ1) is 13.7. The number of aromatic carboxylic acids is 3. The summed E-state index contributed by atoms with van der Waals surface area (Å²) in [6.45, 7) is 2.04. The van der Waals surface area contributed by atoms with E-state index >= 15 is 0 Å². The fraction of sp³-hybridized carbons (Fsp3) is 0.0455. The minimum atomic E-state index is -2.26. The Kier molecular flexibility index (Phi) is 5.48. The van der Waals surface area contributed by atoms with Crippen LogP contribution in [0.15, 0.2) is 72.8 Å². The van der Waals surface area contributed by atoms with Crippen LogP contribution < -0.4 is 15.9 Å². The fourth-order valence-corrected chi connectivity index (χ4v) is 6.28. The first-order valence-corrected chi connectivity index (χ1v) is 10.9. The summed E-state index contributed by atoms with van der Waals surface area (Å²) in [5.41, 5.74) is 0.508. The van der Waals surface area contributed by atoms with E-state index in [1.54, 1.807) is 36.4 Å². The lowest BCUT2D eigenvalue weighted by atomic mass is 10.2. The summed E-state index contributed by atoms with van der Waals surface area (Å²) >= 11 is 0. The molecule has 0 spiro atoms. The maximum absolute atomic E-state index is 11.2. The lowest BCUT2D eigenvalue weighted by molar-refractivity contribution is 0.0686. The summed E-state index contributed by atoms with van der Waals surface area (Å²) in [7, 11) is -2.26. The van der Waals surface area contributed by atoms with Gasteiger partial charge >= 0.3 is 17.9 Å². The molecule has 0 heterocycles. The molecule has 3 aromatic carbocycles. The molecule has 3 aromatic rings. The highest BCUT2D eigenvalue weighted by Gasteiger charge is 2.40. The SMILES string of the molecule is C[P+](c1ccc(C(=O)O)cc1)(c1ccc(C(=O)O)cc1)c1ccc(C(=O)O)cc1. The average Bonchev–Trinajstić information content (AvgIpc) is 2.73. The van der Waals surface area contributed by atoms with Gasteiger partial charge in [0.2, 0.25) is 0 Å². The molecule has 0 aliphatic carbocycles. The molecule has 0 aliphatic heterocycles. The van der Waals surface area contributed by atoms with E-state index in [1.165, 1.54) is 36.4 Å². The van der Waals surface area contributed by atoms with Crippen molar-refractivity contribution in [1.82, 2.24) is 0 Å². The maximum atomic E-state index is 11.2. The molecular weight excluding hydrogens is 391 g/mol. The van der Waals surface area contributed by atoms with Crippen molar-refractivity contribution in [2.45, 2.75) is 0 Å².